The van der Waals surface area contributed by atoms with Gasteiger partial charge in [0.05, 0.1) is 6.04 Å². The maximum atomic E-state index is 12.8. The Kier molecular flexibility index (Phi) is 6.23. The Morgan fingerprint density at radius 3 is 2.58 bits per heavy atom. The van der Waals surface area contributed by atoms with Gasteiger partial charge in [-0.2, -0.15) is 0 Å². The lowest BCUT2D eigenvalue weighted by molar-refractivity contribution is -0.121. The Labute approximate surface area is 149 Å². The summed E-state index contributed by atoms with van der Waals surface area (Å²) in [5.41, 5.74) is 8.76. The molecule has 0 aromatic heterocycles. The van der Waals surface area contributed by atoms with Crippen LogP contribution in [0.25, 0.3) is 0 Å². The molecule has 1 amide bonds. The van der Waals surface area contributed by atoms with Crippen molar-refractivity contribution in [2.45, 2.75) is 25.9 Å². The number of rotatable bonds is 5. The fraction of sp³-hybridized carbons (Fsp3) is 0.316. The van der Waals surface area contributed by atoms with E-state index >= 15 is 0 Å². The summed E-state index contributed by atoms with van der Waals surface area (Å²) >= 11 is 0. The zero-order valence-corrected chi connectivity index (χ0v) is 14.7. The Hall–Kier alpha value is -2.04. The van der Waals surface area contributed by atoms with Crippen LogP contribution >= 0.6 is 12.4 Å². The summed E-state index contributed by atoms with van der Waals surface area (Å²) in [6.45, 7) is 4.47. The second kappa shape index (κ2) is 8.18. The van der Waals surface area contributed by atoms with E-state index in [2.05, 4.69) is 17.9 Å². The van der Waals surface area contributed by atoms with Gasteiger partial charge >= 0.3 is 0 Å². The number of carbonyl (C=O) groups is 1. The van der Waals surface area contributed by atoms with E-state index in [1.807, 2.05) is 53.4 Å². The Bertz CT molecular complexity index is 677. The summed E-state index contributed by atoms with van der Waals surface area (Å²) in [6.07, 6.45) is 0.865. The number of nitrogens with zero attached hydrogens (tertiary/aromatic N) is 2. The van der Waals surface area contributed by atoms with E-state index in [1.165, 1.54) is 0 Å². The number of nitrogens with two attached hydrogens (primary N) is 1. The number of likely N-dealkylation sites (N-methyl/N-ethyl adjacent to an activating group) is 1. The van der Waals surface area contributed by atoms with Gasteiger partial charge in [0.2, 0.25) is 5.91 Å². The number of amides is 1. The Morgan fingerprint density at radius 2 is 1.92 bits per heavy atom. The number of para-hydroxylation sites is 1. The van der Waals surface area contributed by atoms with Gasteiger partial charge in [-0.3, -0.25) is 9.69 Å². The average molecular weight is 346 g/mol. The number of benzene rings is 2. The van der Waals surface area contributed by atoms with Gasteiger partial charge in [0.25, 0.3) is 0 Å². The maximum Gasteiger partial charge on any atom is 0.244 e. The van der Waals surface area contributed by atoms with Crippen LogP contribution < -0.4 is 10.6 Å². The van der Waals surface area contributed by atoms with E-state index in [9.17, 15) is 4.79 Å². The fourth-order valence-electron chi connectivity index (χ4n) is 3.24. The standard InChI is InChI=1S/C19H23N3O.ClH/c1-2-21(14-15-7-6-8-16(20)13-15)18-11-12-22(19(18)23)17-9-4-3-5-10-17;/h3-10,13,18H,2,11-12,14,20H2,1H3;1H. The van der Waals surface area contributed by atoms with Crippen molar-refractivity contribution in [1.82, 2.24) is 4.90 Å². The summed E-state index contributed by atoms with van der Waals surface area (Å²) in [6, 6.07) is 17.7. The van der Waals surface area contributed by atoms with E-state index in [0.29, 0.717) is 0 Å². The minimum absolute atomic E-state index is 0. The fourth-order valence-corrected chi connectivity index (χ4v) is 3.24. The molecule has 1 fully saturated rings. The first-order valence-electron chi connectivity index (χ1n) is 8.14. The molecule has 1 unspecified atom stereocenters. The minimum atomic E-state index is -0.0540. The van der Waals surface area contributed by atoms with Gasteiger partial charge in [-0.25, -0.2) is 0 Å². The lowest BCUT2D eigenvalue weighted by Gasteiger charge is -2.27. The SMILES string of the molecule is CCN(Cc1cccc(N)c1)C1CCN(c2ccccc2)C1=O.Cl. The third kappa shape index (κ3) is 3.89. The van der Waals surface area contributed by atoms with Crippen molar-refractivity contribution in [1.29, 1.82) is 0 Å². The van der Waals surface area contributed by atoms with Crippen molar-refractivity contribution in [2.75, 3.05) is 23.7 Å². The quantitative estimate of drug-likeness (QED) is 0.846. The van der Waals surface area contributed by atoms with Crippen molar-refractivity contribution in [2.24, 2.45) is 0 Å². The van der Waals surface area contributed by atoms with Crippen LogP contribution in [0, 0.1) is 0 Å². The maximum absolute atomic E-state index is 12.8. The van der Waals surface area contributed by atoms with Crippen LogP contribution in [-0.2, 0) is 11.3 Å². The summed E-state index contributed by atoms with van der Waals surface area (Å²) < 4.78 is 0. The first-order valence-corrected chi connectivity index (χ1v) is 8.14. The van der Waals surface area contributed by atoms with Crippen LogP contribution in [0.15, 0.2) is 54.6 Å². The minimum Gasteiger partial charge on any atom is -0.399 e. The molecule has 1 heterocycles. The van der Waals surface area contributed by atoms with Crippen LogP contribution in [0.2, 0.25) is 0 Å². The predicted molar refractivity (Wildman–Crippen MR) is 101 cm³/mol. The normalized spacial score (nSPS) is 17.2. The third-order valence-corrected chi connectivity index (χ3v) is 4.43. The molecule has 1 aliphatic heterocycles. The van der Waals surface area contributed by atoms with Crippen LogP contribution in [0.3, 0.4) is 0 Å². The topological polar surface area (TPSA) is 49.6 Å². The molecule has 2 aromatic carbocycles. The molecular formula is C19H24ClN3O. The number of carbonyl (C=O) groups excluding carboxylic acids is 1. The second-order valence-corrected chi connectivity index (χ2v) is 5.94. The highest BCUT2D eigenvalue weighted by Crippen LogP contribution is 2.25. The van der Waals surface area contributed by atoms with Crippen molar-refractivity contribution >= 4 is 29.7 Å². The molecule has 3 rings (SSSR count). The molecule has 128 valence electrons. The highest BCUT2D eigenvalue weighted by atomic mass is 35.5. The van der Waals surface area contributed by atoms with Gasteiger partial charge in [0, 0.05) is 24.5 Å². The zero-order chi connectivity index (χ0) is 16.2. The molecule has 2 N–H and O–H groups in total. The Balaban J connectivity index is 0.00000208. The summed E-state index contributed by atoms with van der Waals surface area (Å²) in [4.78, 5) is 17.0. The van der Waals surface area contributed by atoms with E-state index in [1.54, 1.807) is 0 Å². The number of hydrogen-bond donors (Lipinski definition) is 1. The predicted octanol–water partition coefficient (Wildman–Crippen LogP) is 3.32. The van der Waals surface area contributed by atoms with Crippen LogP contribution in [0.1, 0.15) is 18.9 Å². The molecule has 1 atom stereocenters. The highest BCUT2D eigenvalue weighted by molar-refractivity contribution is 5.99. The molecule has 4 nitrogen and oxygen atoms in total. The number of anilines is 2. The van der Waals surface area contributed by atoms with E-state index in [0.717, 1.165) is 43.0 Å². The highest BCUT2D eigenvalue weighted by Gasteiger charge is 2.35. The molecule has 0 saturated carbocycles. The number of hydrogen-bond acceptors (Lipinski definition) is 3. The first kappa shape index (κ1) is 18.3. The largest absolute Gasteiger partial charge is 0.399 e. The van der Waals surface area contributed by atoms with Gasteiger partial charge in [-0.05, 0) is 42.8 Å². The summed E-state index contributed by atoms with van der Waals surface area (Å²) in [5.74, 6) is 0.196. The van der Waals surface area contributed by atoms with E-state index in [-0.39, 0.29) is 24.4 Å². The Morgan fingerprint density at radius 1 is 1.17 bits per heavy atom. The van der Waals surface area contributed by atoms with Crippen LogP contribution in [0.5, 0.6) is 0 Å². The van der Waals surface area contributed by atoms with Crippen molar-refractivity contribution in [3.05, 3.63) is 60.2 Å². The molecule has 0 radical (unpaired) electrons. The molecule has 2 aromatic rings. The monoisotopic (exact) mass is 345 g/mol. The smallest absolute Gasteiger partial charge is 0.244 e. The first-order chi connectivity index (χ1) is 11.2. The van der Waals surface area contributed by atoms with Crippen LogP contribution in [-0.4, -0.2) is 29.9 Å². The molecule has 0 spiro atoms. The zero-order valence-electron chi connectivity index (χ0n) is 13.9. The van der Waals surface area contributed by atoms with Gasteiger partial charge in [0.15, 0.2) is 0 Å². The molecule has 0 bridgehead atoms. The van der Waals surface area contributed by atoms with Gasteiger partial charge in [-0.1, -0.05) is 37.3 Å². The van der Waals surface area contributed by atoms with Crippen LogP contribution in [0.4, 0.5) is 11.4 Å². The second-order valence-electron chi connectivity index (χ2n) is 5.94. The van der Waals surface area contributed by atoms with Crippen molar-refractivity contribution in [3.63, 3.8) is 0 Å². The van der Waals surface area contributed by atoms with E-state index in [4.69, 9.17) is 5.73 Å². The molecule has 5 heteroatoms. The third-order valence-electron chi connectivity index (χ3n) is 4.43. The van der Waals surface area contributed by atoms with Crippen molar-refractivity contribution < 1.29 is 4.79 Å². The molecule has 1 aliphatic rings. The molecule has 1 saturated heterocycles. The van der Waals surface area contributed by atoms with Gasteiger partial charge < -0.3 is 10.6 Å². The van der Waals surface area contributed by atoms with E-state index < -0.39 is 0 Å². The average Bonchev–Trinajstić information content (AvgIpc) is 2.95. The number of halogens is 1. The summed E-state index contributed by atoms with van der Waals surface area (Å²) in [5, 5.41) is 0. The van der Waals surface area contributed by atoms with Gasteiger partial charge in [-0.15, -0.1) is 12.4 Å². The molecule has 24 heavy (non-hydrogen) atoms. The van der Waals surface area contributed by atoms with Gasteiger partial charge in [0.1, 0.15) is 0 Å². The molecule has 0 aliphatic carbocycles. The number of nitrogen functional groups attached to an aromatic ring is 1. The lowest BCUT2D eigenvalue weighted by Crippen LogP contribution is -2.41. The van der Waals surface area contributed by atoms with Crippen molar-refractivity contribution in [3.8, 4) is 0 Å². The molecular weight excluding hydrogens is 322 g/mol. The summed E-state index contributed by atoms with van der Waals surface area (Å²) in [7, 11) is 0. The lowest BCUT2D eigenvalue weighted by atomic mass is 10.1.